The van der Waals surface area contributed by atoms with Crippen molar-refractivity contribution in [2.75, 3.05) is 52.3 Å². The minimum Gasteiger partial charge on any atom is -0.496 e. The molecule has 0 N–H and O–H groups in total. The van der Waals surface area contributed by atoms with Crippen LogP contribution in [0.5, 0.6) is 23.0 Å². The lowest BCUT2D eigenvalue weighted by Gasteiger charge is -2.46. The standard InChI is InChI=1S/C32H38O4P2Si.C29H54P2/c1-33-25-15-7-11-19-29(25)37(30-20-12-8-16-26(30)34-2)23-39(5,6)24-38(31-21-13-9-17-27(31)35-3)32-22-14-10-18-28(32)36-4;1-29(2,23-30(25-15-7-3-8-16-25)26-17-9-4-10-18-26)24-31(27-19-11-5-12-20-27)28-21-13-6-14-22-28/h7-22H,23-24H2,1-6H3;25-28H,3-24H2,1-2H3. The molecule has 0 aromatic heterocycles. The van der Waals surface area contributed by atoms with Gasteiger partial charge in [0.05, 0.1) is 36.5 Å². The number of hydrogen-bond donors (Lipinski definition) is 0. The van der Waals surface area contributed by atoms with Crippen LogP contribution in [-0.4, -0.2) is 83.0 Å². The van der Waals surface area contributed by atoms with Gasteiger partial charge < -0.3 is 18.9 Å². The van der Waals surface area contributed by atoms with Crippen LogP contribution in [-0.2, 0) is 0 Å². The molecule has 4 aromatic carbocycles. The molecule has 70 heavy (non-hydrogen) atoms. The van der Waals surface area contributed by atoms with Gasteiger partial charge in [-0.2, -0.15) is 0 Å². The number of rotatable bonds is 20. The molecule has 0 unspecified atom stereocenters. The molecule has 384 valence electrons. The van der Waals surface area contributed by atoms with E-state index < -0.39 is 23.9 Å². The number of hydrogen-bond acceptors (Lipinski definition) is 4. The second-order valence-corrected chi connectivity index (χ2v) is 38.8. The van der Waals surface area contributed by atoms with Gasteiger partial charge in [-0.05, 0) is 143 Å². The van der Waals surface area contributed by atoms with Crippen molar-refractivity contribution in [3.8, 4) is 23.0 Å². The van der Waals surface area contributed by atoms with Crippen molar-refractivity contribution >= 4 is 61.0 Å². The number of ether oxygens (including phenoxy) is 4. The minimum absolute atomic E-state index is 0.260. The Morgan fingerprint density at radius 1 is 0.386 bits per heavy atom. The Balaban J connectivity index is 0.000000212. The third-order valence-electron chi connectivity index (χ3n) is 16.1. The molecule has 9 heteroatoms. The SMILES string of the molecule is CC(C)(CP(C1CCCCC1)C1CCCCC1)CP(C1CCCCC1)C1CCCCC1.COc1ccccc1P(C[Si](C)(C)CP(c1ccccc1OC)c1ccccc1OC)c1ccccc1OC. The van der Waals surface area contributed by atoms with Crippen LogP contribution in [0.25, 0.3) is 0 Å². The van der Waals surface area contributed by atoms with Crippen LogP contribution in [0.2, 0.25) is 13.1 Å². The van der Waals surface area contributed by atoms with E-state index >= 15 is 0 Å². The van der Waals surface area contributed by atoms with Gasteiger partial charge in [-0.15, -0.1) is 0 Å². The summed E-state index contributed by atoms with van der Waals surface area (Å²) < 4.78 is 23.5. The summed E-state index contributed by atoms with van der Waals surface area (Å²) in [6.07, 6.45) is 34.5. The van der Waals surface area contributed by atoms with Crippen LogP contribution < -0.4 is 40.2 Å². The highest BCUT2D eigenvalue weighted by Gasteiger charge is 2.40. The normalized spacial score (nSPS) is 18.2. The summed E-state index contributed by atoms with van der Waals surface area (Å²) >= 11 is 0. The van der Waals surface area contributed by atoms with Gasteiger partial charge in [-0.3, -0.25) is 0 Å². The maximum Gasteiger partial charge on any atom is 0.126 e. The fourth-order valence-corrected chi connectivity index (χ4v) is 35.6. The molecule has 4 aliphatic carbocycles. The summed E-state index contributed by atoms with van der Waals surface area (Å²) in [5.41, 5.74) is 5.17. The Labute approximate surface area is 433 Å². The van der Waals surface area contributed by atoms with Gasteiger partial charge in [0.25, 0.3) is 0 Å². The first-order valence-electron chi connectivity index (χ1n) is 27.6. The number of methoxy groups -OCH3 is 4. The van der Waals surface area contributed by atoms with E-state index in [9.17, 15) is 0 Å². The molecule has 0 amide bonds. The minimum atomic E-state index is -1.87. The van der Waals surface area contributed by atoms with E-state index in [0.29, 0.717) is 5.41 Å². The molecular weight excluding hydrogens is 949 g/mol. The molecule has 0 atom stereocenters. The lowest BCUT2D eigenvalue weighted by molar-refractivity contribution is 0.417. The molecule has 8 rings (SSSR count). The van der Waals surface area contributed by atoms with Gasteiger partial charge in [0.2, 0.25) is 0 Å². The third kappa shape index (κ3) is 15.5. The van der Waals surface area contributed by atoms with Gasteiger partial charge in [0.1, 0.15) is 23.0 Å². The zero-order valence-corrected chi connectivity index (χ0v) is 49.5. The van der Waals surface area contributed by atoms with Crippen LogP contribution in [0, 0.1) is 5.41 Å². The first-order chi connectivity index (χ1) is 34.0. The monoisotopic (exact) mass is 1040 g/mol. The summed E-state index contributed by atoms with van der Waals surface area (Å²) in [5.74, 6) is 5.97. The number of benzene rings is 4. The predicted octanol–water partition coefficient (Wildman–Crippen LogP) is 16.4. The highest BCUT2D eigenvalue weighted by molar-refractivity contribution is 7.78. The van der Waals surface area contributed by atoms with E-state index in [1.807, 2.05) is 24.3 Å². The van der Waals surface area contributed by atoms with E-state index in [4.69, 9.17) is 18.9 Å². The zero-order chi connectivity index (χ0) is 49.4. The Morgan fingerprint density at radius 2 is 0.614 bits per heavy atom. The van der Waals surface area contributed by atoms with Crippen molar-refractivity contribution in [3.63, 3.8) is 0 Å². The maximum absolute atomic E-state index is 5.88. The van der Waals surface area contributed by atoms with Gasteiger partial charge >= 0.3 is 0 Å². The Morgan fingerprint density at radius 3 is 0.843 bits per heavy atom. The number of para-hydroxylation sites is 4. The summed E-state index contributed by atoms with van der Waals surface area (Å²) in [5, 5.41) is 5.05. The zero-order valence-electron chi connectivity index (χ0n) is 44.9. The molecule has 4 aromatic rings. The van der Waals surface area contributed by atoms with Gasteiger partial charge in [-0.25, -0.2) is 0 Å². The third-order valence-corrected chi connectivity index (χ3v) is 37.5. The van der Waals surface area contributed by atoms with Gasteiger partial charge in [0, 0.05) is 21.2 Å². The molecule has 0 heterocycles. The molecule has 0 saturated heterocycles. The fraction of sp³-hybridized carbons (Fsp3) is 0.607. The predicted molar refractivity (Wildman–Crippen MR) is 316 cm³/mol. The van der Waals surface area contributed by atoms with Gasteiger partial charge in [-0.1, -0.05) is 193 Å². The molecule has 4 aliphatic rings. The second kappa shape index (κ2) is 28.1. The van der Waals surface area contributed by atoms with Crippen LogP contribution in [0.3, 0.4) is 0 Å². The van der Waals surface area contributed by atoms with E-state index in [0.717, 1.165) is 57.2 Å². The molecule has 0 bridgehead atoms. The molecule has 0 spiro atoms. The Hall–Kier alpha value is -1.98. The average molecular weight is 1040 g/mol. The molecule has 0 radical (unpaired) electrons. The second-order valence-electron chi connectivity index (χ2n) is 22.7. The van der Waals surface area contributed by atoms with E-state index in [-0.39, 0.29) is 15.8 Å². The van der Waals surface area contributed by atoms with Crippen LogP contribution >= 0.6 is 31.7 Å². The first kappa shape index (κ1) is 55.8. The molecule has 0 aliphatic heterocycles. The topological polar surface area (TPSA) is 36.9 Å². The first-order valence-corrected chi connectivity index (χ1v) is 37.4. The Bertz CT molecular complexity index is 1860. The average Bonchev–Trinajstić information content (AvgIpc) is 3.41. The van der Waals surface area contributed by atoms with Crippen LogP contribution in [0.4, 0.5) is 0 Å². The maximum atomic E-state index is 5.88. The van der Waals surface area contributed by atoms with Crippen LogP contribution in [0.1, 0.15) is 142 Å². The summed E-state index contributed by atoms with van der Waals surface area (Å²) in [6.45, 7) is 10.5. The molecular formula is C61H92O4P4Si. The van der Waals surface area contributed by atoms with Crippen molar-refractivity contribution < 1.29 is 18.9 Å². The molecule has 4 fully saturated rings. The van der Waals surface area contributed by atoms with E-state index in [1.165, 1.54) is 46.9 Å². The summed E-state index contributed by atoms with van der Waals surface area (Å²) in [7, 11) is 4.26. The van der Waals surface area contributed by atoms with Crippen molar-refractivity contribution in [2.24, 2.45) is 5.41 Å². The van der Waals surface area contributed by atoms with Crippen LogP contribution in [0.15, 0.2) is 97.1 Å². The lowest BCUT2D eigenvalue weighted by Crippen LogP contribution is -2.40. The van der Waals surface area contributed by atoms with Crippen molar-refractivity contribution in [3.05, 3.63) is 97.1 Å². The fourth-order valence-electron chi connectivity index (χ4n) is 12.7. The quantitative estimate of drug-likeness (QED) is 0.0653. The summed E-state index contributed by atoms with van der Waals surface area (Å²) in [6, 6.07) is 33.9. The lowest BCUT2D eigenvalue weighted by atomic mass is 9.98. The van der Waals surface area contributed by atoms with Crippen molar-refractivity contribution in [2.45, 2.75) is 178 Å². The van der Waals surface area contributed by atoms with E-state index in [2.05, 4.69) is 99.7 Å². The van der Waals surface area contributed by atoms with Crippen molar-refractivity contribution in [1.29, 1.82) is 0 Å². The molecule has 4 saturated carbocycles. The van der Waals surface area contributed by atoms with E-state index in [1.54, 1.807) is 143 Å². The largest absolute Gasteiger partial charge is 0.496 e. The summed E-state index contributed by atoms with van der Waals surface area (Å²) in [4.78, 5) is 0. The van der Waals surface area contributed by atoms with Gasteiger partial charge in [0.15, 0.2) is 0 Å². The van der Waals surface area contributed by atoms with Crippen molar-refractivity contribution in [1.82, 2.24) is 0 Å². The smallest absolute Gasteiger partial charge is 0.126 e. The highest BCUT2D eigenvalue weighted by atomic mass is 31.1. The highest BCUT2D eigenvalue weighted by Crippen LogP contribution is 2.63. The Kier molecular flexibility index (Phi) is 22.4. The molecule has 4 nitrogen and oxygen atoms in total.